The summed E-state index contributed by atoms with van der Waals surface area (Å²) in [5.41, 5.74) is 6.42. The van der Waals surface area contributed by atoms with Gasteiger partial charge in [-0.1, -0.05) is 0 Å². The number of nitrogens with one attached hydrogen (secondary N) is 1. The molecule has 3 heterocycles. The third-order valence-corrected chi connectivity index (χ3v) is 6.00. The minimum atomic E-state index is -1.37. The minimum absolute atomic E-state index is 0.00668. The number of anilines is 3. The molecule has 3 aromatic heterocycles. The number of aromatic carboxylic acids is 3. The summed E-state index contributed by atoms with van der Waals surface area (Å²) in [4.78, 5) is 49.2. The number of hydrogen-bond acceptors (Lipinski definition) is 13. The normalized spacial score (nSPS) is 10.9. The van der Waals surface area contributed by atoms with E-state index in [4.69, 9.17) is 17.4 Å². The van der Waals surface area contributed by atoms with Crippen molar-refractivity contribution >= 4 is 52.6 Å². The maximum absolute atomic E-state index is 11.5. The first kappa shape index (κ1) is 29.3. The lowest BCUT2D eigenvalue weighted by molar-refractivity contribution is 0.0682. The predicted molar refractivity (Wildman–Crippen MR) is 152 cm³/mol. The summed E-state index contributed by atoms with van der Waals surface area (Å²) >= 11 is 0. The summed E-state index contributed by atoms with van der Waals surface area (Å²) in [6.07, 6.45) is 1.26. The van der Waals surface area contributed by atoms with E-state index in [0.29, 0.717) is 5.69 Å². The number of carboxylic acid groups (broad SMARTS) is 3. The number of azo groups is 1. The van der Waals surface area contributed by atoms with E-state index in [2.05, 4.69) is 45.5 Å². The Morgan fingerprint density at radius 2 is 1.56 bits per heavy atom. The Hall–Kier alpha value is -7.23. The third kappa shape index (κ3) is 5.90. The van der Waals surface area contributed by atoms with Crippen molar-refractivity contribution in [2.24, 2.45) is 10.2 Å². The fraction of sp³-hybridized carbons (Fsp3) is 0.0385. The van der Waals surface area contributed by atoms with Crippen molar-refractivity contribution < 1.29 is 34.8 Å². The first-order valence-electron chi connectivity index (χ1n) is 12.3. The van der Waals surface area contributed by atoms with Crippen LogP contribution >= 0.6 is 0 Å². The van der Waals surface area contributed by atoms with Gasteiger partial charge in [-0.05, 0) is 49.4 Å². The maximum atomic E-state index is 11.5. The van der Waals surface area contributed by atoms with Gasteiger partial charge in [0.1, 0.15) is 0 Å². The number of nitrogens with two attached hydrogens (primary N) is 1. The van der Waals surface area contributed by atoms with E-state index in [1.165, 1.54) is 35.1 Å². The fourth-order valence-corrected chi connectivity index (χ4v) is 3.93. The van der Waals surface area contributed by atoms with Crippen LogP contribution in [0.25, 0.3) is 16.5 Å². The van der Waals surface area contributed by atoms with Crippen LogP contribution in [0.2, 0.25) is 0 Å². The molecule has 0 fully saturated rings. The molecule has 224 valence electrons. The number of nitrogen functional groups attached to an aromatic ring is 1. The van der Waals surface area contributed by atoms with Crippen LogP contribution in [0, 0.1) is 13.5 Å². The molecule has 7 N–H and O–H groups in total. The van der Waals surface area contributed by atoms with Gasteiger partial charge in [-0.3, -0.25) is 0 Å². The van der Waals surface area contributed by atoms with Crippen LogP contribution in [0.4, 0.5) is 34.6 Å². The van der Waals surface area contributed by atoms with Gasteiger partial charge in [0.25, 0.3) is 11.6 Å². The Morgan fingerprint density at radius 3 is 2.16 bits per heavy atom. The van der Waals surface area contributed by atoms with Crippen LogP contribution in [0.15, 0.2) is 58.9 Å². The van der Waals surface area contributed by atoms with E-state index in [1.807, 2.05) is 0 Å². The largest absolute Gasteiger partial charge is 0.479 e. The molecule has 0 atom stereocenters. The van der Waals surface area contributed by atoms with E-state index in [-0.39, 0.29) is 63.0 Å². The third-order valence-electron chi connectivity index (χ3n) is 6.00. The van der Waals surface area contributed by atoms with Gasteiger partial charge in [-0.15, -0.1) is 10.2 Å². The van der Waals surface area contributed by atoms with E-state index < -0.39 is 23.9 Å². The number of carboxylic acids is 3. The zero-order valence-corrected chi connectivity index (χ0v) is 22.7. The highest BCUT2D eigenvalue weighted by molar-refractivity contribution is 5.95. The topological polar surface area (TPSA) is 274 Å². The maximum Gasteiger partial charge on any atom is 0.335 e. The lowest BCUT2D eigenvalue weighted by atomic mass is 10.1. The van der Waals surface area contributed by atoms with Crippen molar-refractivity contribution in [3.8, 4) is 17.6 Å². The monoisotopic (exact) mass is 610 g/mol. The SMILES string of the molecule is [C-]#[N+]c1cnn(-c2ccc(C(=O)O)cc2)c1N=Nc1c(C)nn(-c2nc(O)nc(Nc3cc(C(=O)O)cc(C(=O)O)c3)n2)c1N. The molecule has 19 nitrogen and oxygen atoms in total. The fourth-order valence-electron chi connectivity index (χ4n) is 3.93. The number of aromatic nitrogens is 7. The Morgan fingerprint density at radius 1 is 0.911 bits per heavy atom. The number of hydrogen-bond donors (Lipinski definition) is 6. The second kappa shape index (κ2) is 11.6. The molecule has 0 aliphatic carbocycles. The quantitative estimate of drug-likeness (QED) is 0.103. The lowest BCUT2D eigenvalue weighted by Gasteiger charge is -2.09. The molecule has 45 heavy (non-hydrogen) atoms. The number of rotatable bonds is 9. The first-order valence-corrected chi connectivity index (χ1v) is 12.3. The summed E-state index contributed by atoms with van der Waals surface area (Å²) in [7, 11) is 0. The molecular formula is C26H18N12O7. The number of carbonyl (C=O) groups is 3. The molecule has 0 saturated heterocycles. The molecule has 0 aliphatic rings. The highest BCUT2D eigenvalue weighted by Gasteiger charge is 2.20. The van der Waals surface area contributed by atoms with Gasteiger partial charge in [0.05, 0.1) is 40.8 Å². The second-order valence-corrected chi connectivity index (χ2v) is 8.95. The van der Waals surface area contributed by atoms with Crippen molar-refractivity contribution in [3.05, 3.63) is 82.5 Å². The van der Waals surface area contributed by atoms with Gasteiger partial charge in [0, 0.05) is 5.69 Å². The molecular weight excluding hydrogens is 592 g/mol. The van der Waals surface area contributed by atoms with E-state index in [9.17, 15) is 29.7 Å². The van der Waals surface area contributed by atoms with Crippen molar-refractivity contribution in [3.63, 3.8) is 0 Å². The van der Waals surface area contributed by atoms with Crippen LogP contribution in [-0.4, -0.2) is 72.8 Å². The average molecular weight is 611 g/mol. The lowest BCUT2D eigenvalue weighted by Crippen LogP contribution is -2.10. The Balaban J connectivity index is 1.49. The molecule has 0 unspecified atom stereocenters. The number of aryl methyl sites for hydroxylation is 1. The predicted octanol–water partition coefficient (Wildman–Crippen LogP) is 3.64. The second-order valence-electron chi connectivity index (χ2n) is 8.95. The van der Waals surface area contributed by atoms with Crippen LogP contribution in [-0.2, 0) is 0 Å². The highest BCUT2D eigenvalue weighted by Crippen LogP contribution is 2.35. The van der Waals surface area contributed by atoms with Gasteiger partial charge in [-0.2, -0.15) is 29.8 Å². The molecule has 0 aliphatic heterocycles. The van der Waals surface area contributed by atoms with Crippen LogP contribution in [0.5, 0.6) is 6.01 Å². The highest BCUT2D eigenvalue weighted by atomic mass is 16.4. The molecule has 5 aromatic rings. The van der Waals surface area contributed by atoms with Crippen LogP contribution < -0.4 is 11.1 Å². The van der Waals surface area contributed by atoms with E-state index in [1.54, 1.807) is 6.92 Å². The standard InChI is InChI=1S/C26H18N12O7/c1-11-18(34-35-20-17(28-2)10-29-37(20)16-5-3-12(4-6-16)21(39)40)19(27)38(36-11)25-31-24(32-26(45)33-25)30-15-8-13(22(41)42)7-14(9-15)23(43)44/h3-10H,27H2,1H3,(H,39,40)(H,41,42)(H,43,44)(H2,30,31,32,33,45). The smallest absolute Gasteiger partial charge is 0.335 e. The van der Waals surface area contributed by atoms with Gasteiger partial charge in [0.2, 0.25) is 5.95 Å². The summed E-state index contributed by atoms with van der Waals surface area (Å²) in [6, 6.07) is 8.19. The molecule has 2 aromatic carbocycles. The van der Waals surface area contributed by atoms with Crippen molar-refractivity contribution in [1.29, 1.82) is 0 Å². The summed E-state index contributed by atoms with van der Waals surface area (Å²) in [6.45, 7) is 9.01. The van der Waals surface area contributed by atoms with Gasteiger partial charge in [0.15, 0.2) is 17.3 Å². The molecule has 5 rings (SSSR count). The summed E-state index contributed by atoms with van der Waals surface area (Å²) in [5, 5.41) is 57.3. The van der Waals surface area contributed by atoms with Gasteiger partial charge >= 0.3 is 23.9 Å². The molecule has 0 radical (unpaired) electrons. The van der Waals surface area contributed by atoms with E-state index >= 15 is 0 Å². The van der Waals surface area contributed by atoms with Gasteiger partial charge in [-0.25, -0.2) is 23.9 Å². The zero-order chi connectivity index (χ0) is 32.4. The number of aromatic hydroxyl groups is 1. The summed E-state index contributed by atoms with van der Waals surface area (Å²) in [5.74, 6) is -4.55. The minimum Gasteiger partial charge on any atom is -0.479 e. The Bertz CT molecular complexity index is 2040. The number of nitrogens with zero attached hydrogens (tertiary/aromatic N) is 10. The van der Waals surface area contributed by atoms with Crippen LogP contribution in [0.1, 0.15) is 36.8 Å². The van der Waals surface area contributed by atoms with Gasteiger partial charge < -0.3 is 31.5 Å². The molecule has 0 amide bonds. The molecule has 19 heteroatoms. The summed E-state index contributed by atoms with van der Waals surface area (Å²) < 4.78 is 2.31. The molecule has 0 bridgehead atoms. The molecule has 0 spiro atoms. The average Bonchev–Trinajstić information content (AvgIpc) is 3.54. The number of benzene rings is 2. The van der Waals surface area contributed by atoms with Crippen molar-refractivity contribution in [1.82, 2.24) is 34.5 Å². The van der Waals surface area contributed by atoms with Crippen molar-refractivity contribution in [2.75, 3.05) is 11.1 Å². The van der Waals surface area contributed by atoms with Crippen molar-refractivity contribution in [2.45, 2.75) is 6.92 Å². The Kier molecular flexibility index (Phi) is 7.52. The van der Waals surface area contributed by atoms with Crippen LogP contribution in [0.3, 0.4) is 0 Å². The first-order chi connectivity index (χ1) is 21.4. The molecule has 0 saturated carbocycles. The zero-order valence-electron chi connectivity index (χ0n) is 22.7. The Labute approximate surface area is 250 Å². The van der Waals surface area contributed by atoms with E-state index in [0.717, 1.165) is 22.9 Å².